The summed E-state index contributed by atoms with van der Waals surface area (Å²) in [5.74, 6) is -0.231. The number of anilines is 1. The molecule has 0 bridgehead atoms. The van der Waals surface area contributed by atoms with Crippen LogP contribution in [0.25, 0.3) is 10.9 Å². The first-order valence-corrected chi connectivity index (χ1v) is 9.41. The van der Waals surface area contributed by atoms with Crippen LogP contribution < -0.4 is 14.2 Å². The number of hydrogen-bond donors (Lipinski definition) is 2. The number of benzene rings is 1. The fraction of sp³-hybridized carbons (Fsp3) is 0.188. The molecule has 1 aromatic carbocycles. The molecule has 2 N–H and O–H groups in total. The Kier molecular flexibility index (Phi) is 5.38. The lowest BCUT2D eigenvalue weighted by Gasteiger charge is -2.13. The van der Waals surface area contributed by atoms with Crippen molar-refractivity contribution in [1.82, 2.24) is 9.97 Å². The molecule has 0 saturated heterocycles. The predicted octanol–water partition coefficient (Wildman–Crippen LogP) is 3.67. The van der Waals surface area contributed by atoms with Gasteiger partial charge in [-0.3, -0.25) is 4.72 Å². The monoisotopic (exact) mass is 417 g/mol. The molecule has 2 heterocycles. The zero-order valence-corrected chi connectivity index (χ0v) is 15.4. The molecule has 0 amide bonds. The topological polar surface area (TPSA) is 93.3 Å². The summed E-state index contributed by atoms with van der Waals surface area (Å²) in [5.41, 5.74) is 0.435. The molecule has 0 aliphatic carbocycles. The second-order valence-corrected chi connectivity index (χ2v) is 7.44. The molecule has 0 spiro atoms. The number of methoxy groups -OCH3 is 1. The fourth-order valence-corrected chi connectivity index (χ4v) is 3.77. The number of alkyl halides is 2. The van der Waals surface area contributed by atoms with Crippen LogP contribution in [0.15, 0.2) is 41.4 Å². The highest BCUT2D eigenvalue weighted by Gasteiger charge is 2.22. The van der Waals surface area contributed by atoms with E-state index in [1.807, 2.05) is 0 Å². The van der Waals surface area contributed by atoms with Crippen molar-refractivity contribution in [3.05, 3.63) is 41.6 Å². The van der Waals surface area contributed by atoms with Crippen molar-refractivity contribution >= 4 is 38.2 Å². The van der Waals surface area contributed by atoms with Crippen LogP contribution in [0.4, 0.5) is 14.5 Å². The van der Waals surface area contributed by atoms with Crippen molar-refractivity contribution in [2.45, 2.75) is 11.3 Å². The number of hydrogen-bond acceptors (Lipinski definition) is 5. The third-order valence-corrected chi connectivity index (χ3v) is 5.17. The van der Waals surface area contributed by atoms with Gasteiger partial charge in [-0.25, -0.2) is 17.2 Å². The summed E-state index contributed by atoms with van der Waals surface area (Å²) >= 11 is 5.90. The summed E-state index contributed by atoms with van der Waals surface area (Å²) in [6.07, 6.45) is -1.44. The first-order chi connectivity index (χ1) is 12.8. The van der Waals surface area contributed by atoms with Crippen LogP contribution in [-0.4, -0.2) is 38.5 Å². The number of H-pyrrole nitrogens is 1. The minimum atomic E-state index is -4.06. The number of rotatable bonds is 7. The molecule has 0 atom stereocenters. The van der Waals surface area contributed by atoms with Crippen molar-refractivity contribution in [3.63, 3.8) is 0 Å². The van der Waals surface area contributed by atoms with Gasteiger partial charge in [-0.05, 0) is 24.3 Å². The minimum Gasteiger partial charge on any atom is -0.481 e. The number of ether oxygens (including phenoxy) is 2. The average molecular weight is 418 g/mol. The van der Waals surface area contributed by atoms with Crippen LogP contribution in [0.1, 0.15) is 0 Å². The Hall–Kier alpha value is -2.59. The third-order valence-electron chi connectivity index (χ3n) is 3.53. The van der Waals surface area contributed by atoms with Gasteiger partial charge in [-0.2, -0.15) is 4.98 Å². The summed E-state index contributed by atoms with van der Waals surface area (Å²) in [6.45, 7) is -0.944. The van der Waals surface area contributed by atoms with Gasteiger partial charge in [0.15, 0.2) is 6.61 Å². The second kappa shape index (κ2) is 7.57. The highest BCUT2D eigenvalue weighted by molar-refractivity contribution is 7.93. The largest absolute Gasteiger partial charge is 0.481 e. The Labute approximate surface area is 158 Å². The lowest BCUT2D eigenvalue weighted by Crippen LogP contribution is -2.15. The smallest absolute Gasteiger partial charge is 0.272 e. The van der Waals surface area contributed by atoms with Crippen LogP contribution in [-0.2, 0) is 10.0 Å². The van der Waals surface area contributed by atoms with E-state index in [0.29, 0.717) is 15.9 Å². The molecule has 144 valence electrons. The van der Waals surface area contributed by atoms with Gasteiger partial charge in [0.05, 0.1) is 7.11 Å². The standard InChI is InChI=1S/C16H14ClF2N3O4S/c1-25-15-5-4-11(16(21-15)26-8-14(18)19)22-27(23,24)13-7-20-12-6-9(17)2-3-10(12)13/h2-7,14,20,22H,8H2,1H3. The van der Waals surface area contributed by atoms with Gasteiger partial charge in [-0.1, -0.05) is 11.6 Å². The molecule has 0 radical (unpaired) electrons. The van der Waals surface area contributed by atoms with E-state index in [1.165, 1.54) is 25.4 Å². The number of halogens is 3. The summed E-state index contributed by atoms with van der Waals surface area (Å²) in [7, 11) is -2.73. The fourth-order valence-electron chi connectivity index (χ4n) is 2.36. The predicted molar refractivity (Wildman–Crippen MR) is 96.4 cm³/mol. The lowest BCUT2D eigenvalue weighted by atomic mass is 10.2. The molecule has 2 aromatic heterocycles. The number of sulfonamides is 1. The third kappa shape index (κ3) is 4.22. The van der Waals surface area contributed by atoms with E-state index in [0.717, 1.165) is 0 Å². The van der Waals surface area contributed by atoms with Crippen molar-refractivity contribution in [3.8, 4) is 11.8 Å². The second-order valence-electron chi connectivity index (χ2n) is 5.36. The van der Waals surface area contributed by atoms with Gasteiger partial charge in [-0.15, -0.1) is 0 Å². The van der Waals surface area contributed by atoms with Crippen molar-refractivity contribution < 1.29 is 26.7 Å². The zero-order valence-electron chi connectivity index (χ0n) is 13.9. The number of fused-ring (bicyclic) bond motifs is 1. The number of nitrogens with one attached hydrogen (secondary N) is 2. The van der Waals surface area contributed by atoms with E-state index in [-0.39, 0.29) is 22.3 Å². The Bertz CT molecular complexity index is 1070. The number of pyridine rings is 1. The first kappa shape index (κ1) is 19.2. The number of aromatic nitrogens is 2. The molecule has 0 aliphatic heterocycles. The molecule has 3 aromatic rings. The Balaban J connectivity index is 1.97. The minimum absolute atomic E-state index is 0.0372. The highest BCUT2D eigenvalue weighted by atomic mass is 35.5. The highest BCUT2D eigenvalue weighted by Crippen LogP contribution is 2.31. The van der Waals surface area contributed by atoms with Crippen LogP contribution in [0, 0.1) is 0 Å². The van der Waals surface area contributed by atoms with E-state index < -0.39 is 23.1 Å². The van der Waals surface area contributed by atoms with Gasteiger partial charge in [0.1, 0.15) is 10.6 Å². The summed E-state index contributed by atoms with van der Waals surface area (Å²) < 4.78 is 62.6. The molecular weight excluding hydrogens is 404 g/mol. The van der Waals surface area contributed by atoms with Gasteiger partial charge in [0, 0.05) is 28.2 Å². The van der Waals surface area contributed by atoms with Crippen molar-refractivity contribution in [1.29, 1.82) is 0 Å². The van der Waals surface area contributed by atoms with E-state index >= 15 is 0 Å². The van der Waals surface area contributed by atoms with E-state index in [1.54, 1.807) is 18.2 Å². The van der Waals surface area contributed by atoms with Crippen molar-refractivity contribution in [2.75, 3.05) is 18.4 Å². The number of nitrogens with zero attached hydrogens (tertiary/aromatic N) is 1. The van der Waals surface area contributed by atoms with E-state index in [2.05, 4.69) is 14.7 Å². The summed E-state index contributed by atoms with van der Waals surface area (Å²) in [4.78, 5) is 6.66. The van der Waals surface area contributed by atoms with Crippen LogP contribution in [0.3, 0.4) is 0 Å². The maximum absolute atomic E-state index is 12.8. The van der Waals surface area contributed by atoms with Crippen molar-refractivity contribution in [2.24, 2.45) is 0 Å². The number of aromatic amines is 1. The summed E-state index contributed by atoms with van der Waals surface area (Å²) in [5, 5.41) is 0.867. The molecule has 0 fully saturated rings. The van der Waals surface area contributed by atoms with E-state index in [4.69, 9.17) is 21.1 Å². The molecule has 3 rings (SSSR count). The van der Waals surface area contributed by atoms with Gasteiger partial charge in [0.25, 0.3) is 16.4 Å². The Morgan fingerprint density at radius 2 is 2.07 bits per heavy atom. The first-order valence-electron chi connectivity index (χ1n) is 7.55. The molecule has 27 heavy (non-hydrogen) atoms. The van der Waals surface area contributed by atoms with Gasteiger partial charge >= 0.3 is 0 Å². The quantitative estimate of drug-likeness (QED) is 0.611. The average Bonchev–Trinajstić information content (AvgIpc) is 3.04. The zero-order chi connectivity index (χ0) is 19.6. The molecular formula is C16H14ClF2N3O4S. The van der Waals surface area contributed by atoms with Gasteiger partial charge < -0.3 is 14.5 Å². The SMILES string of the molecule is COc1ccc(NS(=O)(=O)c2c[nH]c3cc(Cl)ccc23)c(OCC(F)F)n1. The molecule has 0 unspecified atom stereocenters. The maximum atomic E-state index is 12.8. The van der Waals surface area contributed by atoms with Crippen LogP contribution in [0.2, 0.25) is 5.02 Å². The van der Waals surface area contributed by atoms with Crippen LogP contribution >= 0.6 is 11.6 Å². The molecule has 7 nitrogen and oxygen atoms in total. The van der Waals surface area contributed by atoms with Gasteiger partial charge in [0.2, 0.25) is 11.8 Å². The molecule has 11 heteroatoms. The maximum Gasteiger partial charge on any atom is 0.272 e. The van der Waals surface area contributed by atoms with Crippen LogP contribution in [0.5, 0.6) is 11.8 Å². The Morgan fingerprint density at radius 3 is 2.78 bits per heavy atom. The lowest BCUT2D eigenvalue weighted by molar-refractivity contribution is 0.0797. The normalized spacial score (nSPS) is 11.7. The molecule has 0 saturated carbocycles. The molecule has 0 aliphatic rings. The summed E-state index contributed by atoms with van der Waals surface area (Å²) in [6, 6.07) is 7.39. The Morgan fingerprint density at radius 1 is 1.30 bits per heavy atom. The van der Waals surface area contributed by atoms with E-state index in [9.17, 15) is 17.2 Å².